The van der Waals surface area contributed by atoms with E-state index in [2.05, 4.69) is 18.6 Å². The van der Waals surface area contributed by atoms with Gasteiger partial charge in [0.2, 0.25) is 0 Å². The third-order valence-electron chi connectivity index (χ3n) is 1.68. The van der Waals surface area contributed by atoms with Gasteiger partial charge in [0, 0.05) is 5.69 Å². The monoisotopic (exact) mass is 199 g/mol. The standard InChI is InChI=1S/C9H13NS2/c1-11-9(12-2)7-5-3-4-6-8(7)10/h3-6,9H,10H2,1-2H3. The molecule has 1 rings (SSSR count). The molecule has 0 fully saturated rings. The molecule has 1 aromatic carbocycles. The maximum absolute atomic E-state index is 5.85. The quantitative estimate of drug-likeness (QED) is 0.598. The van der Waals surface area contributed by atoms with Crippen LogP contribution >= 0.6 is 23.5 Å². The third-order valence-corrected chi connectivity index (χ3v) is 4.20. The molecule has 0 aliphatic heterocycles. The van der Waals surface area contributed by atoms with Crippen molar-refractivity contribution >= 4 is 29.2 Å². The topological polar surface area (TPSA) is 26.0 Å². The zero-order valence-corrected chi connectivity index (χ0v) is 8.91. The average Bonchev–Trinajstić information content (AvgIpc) is 2.10. The Bertz CT molecular complexity index is 246. The Morgan fingerprint density at radius 3 is 2.25 bits per heavy atom. The van der Waals surface area contributed by atoms with Crippen LogP contribution < -0.4 is 5.73 Å². The summed E-state index contributed by atoms with van der Waals surface area (Å²) in [6.45, 7) is 0. The van der Waals surface area contributed by atoms with Gasteiger partial charge in [0.15, 0.2) is 0 Å². The lowest BCUT2D eigenvalue weighted by molar-refractivity contribution is 1.39. The van der Waals surface area contributed by atoms with E-state index >= 15 is 0 Å². The zero-order chi connectivity index (χ0) is 8.97. The lowest BCUT2D eigenvalue weighted by Crippen LogP contribution is -1.95. The summed E-state index contributed by atoms with van der Waals surface area (Å²) in [5.41, 5.74) is 7.97. The van der Waals surface area contributed by atoms with Crippen molar-refractivity contribution in [1.82, 2.24) is 0 Å². The van der Waals surface area contributed by atoms with E-state index < -0.39 is 0 Å². The Morgan fingerprint density at radius 2 is 1.75 bits per heavy atom. The summed E-state index contributed by atoms with van der Waals surface area (Å²) in [6, 6.07) is 8.05. The zero-order valence-electron chi connectivity index (χ0n) is 7.28. The maximum atomic E-state index is 5.85. The van der Waals surface area contributed by atoms with Crippen LogP contribution in [-0.4, -0.2) is 12.5 Å². The molecule has 1 aromatic rings. The number of benzene rings is 1. The average molecular weight is 199 g/mol. The molecule has 3 heteroatoms. The molecular formula is C9H13NS2. The van der Waals surface area contributed by atoms with Crippen LogP contribution in [0.25, 0.3) is 0 Å². The van der Waals surface area contributed by atoms with E-state index in [4.69, 9.17) is 5.73 Å². The van der Waals surface area contributed by atoms with Crippen LogP contribution in [0.2, 0.25) is 0 Å². The lowest BCUT2D eigenvalue weighted by atomic mass is 10.2. The third kappa shape index (κ3) is 2.11. The fraction of sp³-hybridized carbons (Fsp3) is 0.333. The van der Waals surface area contributed by atoms with E-state index in [1.54, 1.807) is 0 Å². The van der Waals surface area contributed by atoms with Gasteiger partial charge >= 0.3 is 0 Å². The number of para-hydroxylation sites is 1. The molecule has 0 amide bonds. The van der Waals surface area contributed by atoms with Crippen molar-refractivity contribution < 1.29 is 0 Å². The number of hydrogen-bond acceptors (Lipinski definition) is 3. The van der Waals surface area contributed by atoms with Gasteiger partial charge in [-0.25, -0.2) is 0 Å². The molecule has 0 saturated heterocycles. The van der Waals surface area contributed by atoms with Crippen molar-refractivity contribution in [2.45, 2.75) is 4.58 Å². The molecule has 0 aromatic heterocycles. The highest BCUT2D eigenvalue weighted by Crippen LogP contribution is 2.38. The van der Waals surface area contributed by atoms with Gasteiger partial charge in [0.05, 0.1) is 4.58 Å². The largest absolute Gasteiger partial charge is 0.398 e. The summed E-state index contributed by atoms with van der Waals surface area (Å²) in [6.07, 6.45) is 4.21. The highest BCUT2D eigenvalue weighted by Gasteiger charge is 2.09. The van der Waals surface area contributed by atoms with Crippen LogP contribution in [-0.2, 0) is 0 Å². The SMILES string of the molecule is CSC(SC)c1ccccc1N. The predicted molar refractivity (Wildman–Crippen MR) is 60.6 cm³/mol. The smallest absolute Gasteiger partial charge is 0.0765 e. The van der Waals surface area contributed by atoms with Crippen LogP contribution in [0.1, 0.15) is 10.1 Å². The fourth-order valence-electron chi connectivity index (χ4n) is 1.08. The molecule has 0 aliphatic rings. The first kappa shape index (κ1) is 9.81. The highest BCUT2D eigenvalue weighted by atomic mass is 32.2. The second-order valence-electron chi connectivity index (χ2n) is 2.43. The van der Waals surface area contributed by atoms with E-state index in [1.165, 1.54) is 5.56 Å². The van der Waals surface area contributed by atoms with Crippen LogP contribution in [0, 0.1) is 0 Å². The van der Waals surface area contributed by atoms with Gasteiger partial charge in [-0.05, 0) is 24.1 Å². The molecule has 12 heavy (non-hydrogen) atoms. The first-order valence-corrected chi connectivity index (χ1v) is 6.27. The number of hydrogen-bond donors (Lipinski definition) is 1. The lowest BCUT2D eigenvalue weighted by Gasteiger charge is -2.13. The van der Waals surface area contributed by atoms with Crippen molar-refractivity contribution in [1.29, 1.82) is 0 Å². The van der Waals surface area contributed by atoms with Gasteiger partial charge in [-0.3, -0.25) is 0 Å². The predicted octanol–water partition coefficient (Wildman–Crippen LogP) is 2.99. The Hall–Kier alpha value is -0.280. The summed E-state index contributed by atoms with van der Waals surface area (Å²) in [5.74, 6) is 0. The summed E-state index contributed by atoms with van der Waals surface area (Å²) in [4.78, 5) is 0. The van der Waals surface area contributed by atoms with Crippen LogP contribution in [0.4, 0.5) is 5.69 Å². The Kier molecular flexibility index (Phi) is 3.82. The number of nitrogens with two attached hydrogens (primary N) is 1. The van der Waals surface area contributed by atoms with Gasteiger partial charge < -0.3 is 5.73 Å². The Labute approximate surface area is 82.1 Å². The fourth-order valence-corrected chi connectivity index (χ4v) is 2.78. The molecule has 2 N–H and O–H groups in total. The van der Waals surface area contributed by atoms with Crippen molar-refractivity contribution in [3.8, 4) is 0 Å². The summed E-state index contributed by atoms with van der Waals surface area (Å²) in [5, 5.41) is 0. The first-order chi connectivity index (χ1) is 5.79. The summed E-state index contributed by atoms with van der Waals surface area (Å²) >= 11 is 3.64. The summed E-state index contributed by atoms with van der Waals surface area (Å²) < 4.78 is 0.464. The van der Waals surface area contributed by atoms with Crippen molar-refractivity contribution in [2.75, 3.05) is 18.2 Å². The number of thioether (sulfide) groups is 2. The second-order valence-corrected chi connectivity index (χ2v) is 4.62. The molecule has 0 spiro atoms. The highest BCUT2D eigenvalue weighted by molar-refractivity contribution is 8.15. The maximum Gasteiger partial charge on any atom is 0.0765 e. The summed E-state index contributed by atoms with van der Waals surface area (Å²) in [7, 11) is 0. The molecular weight excluding hydrogens is 186 g/mol. The van der Waals surface area contributed by atoms with Gasteiger partial charge in [-0.2, -0.15) is 0 Å². The first-order valence-electron chi connectivity index (χ1n) is 3.69. The van der Waals surface area contributed by atoms with Crippen LogP contribution in [0.5, 0.6) is 0 Å². The van der Waals surface area contributed by atoms with Crippen molar-refractivity contribution in [3.63, 3.8) is 0 Å². The van der Waals surface area contributed by atoms with Crippen molar-refractivity contribution in [3.05, 3.63) is 29.8 Å². The van der Waals surface area contributed by atoms with Crippen LogP contribution in [0.15, 0.2) is 24.3 Å². The minimum Gasteiger partial charge on any atom is -0.398 e. The van der Waals surface area contributed by atoms with Gasteiger partial charge in [-0.1, -0.05) is 18.2 Å². The number of nitrogen functional groups attached to an aromatic ring is 1. The Morgan fingerprint density at radius 1 is 1.17 bits per heavy atom. The molecule has 0 atom stereocenters. The molecule has 0 unspecified atom stereocenters. The van der Waals surface area contributed by atoms with Crippen LogP contribution in [0.3, 0.4) is 0 Å². The van der Waals surface area contributed by atoms with Gasteiger partial charge in [0.1, 0.15) is 0 Å². The van der Waals surface area contributed by atoms with E-state index in [0.29, 0.717) is 4.58 Å². The van der Waals surface area contributed by atoms with E-state index in [9.17, 15) is 0 Å². The minimum absolute atomic E-state index is 0.464. The molecule has 1 nitrogen and oxygen atoms in total. The number of anilines is 1. The molecule has 0 aliphatic carbocycles. The molecule has 66 valence electrons. The normalized spacial score (nSPS) is 10.6. The molecule has 0 radical (unpaired) electrons. The van der Waals surface area contributed by atoms with E-state index in [-0.39, 0.29) is 0 Å². The van der Waals surface area contributed by atoms with E-state index in [0.717, 1.165) is 5.69 Å². The minimum atomic E-state index is 0.464. The van der Waals surface area contributed by atoms with Gasteiger partial charge in [0.25, 0.3) is 0 Å². The Balaban J connectivity index is 2.92. The molecule has 0 saturated carbocycles. The molecule has 0 bridgehead atoms. The van der Waals surface area contributed by atoms with E-state index in [1.807, 2.05) is 41.7 Å². The van der Waals surface area contributed by atoms with Gasteiger partial charge in [-0.15, -0.1) is 23.5 Å². The second kappa shape index (κ2) is 4.67. The number of rotatable bonds is 3. The molecule has 0 heterocycles. The van der Waals surface area contributed by atoms with Crippen molar-refractivity contribution in [2.24, 2.45) is 0 Å².